The minimum atomic E-state index is -5.72. The van der Waals surface area contributed by atoms with Crippen molar-refractivity contribution in [3.05, 3.63) is 0 Å². The number of alkyl halides is 5. The Morgan fingerprint density at radius 2 is 1.24 bits per heavy atom. The van der Waals surface area contributed by atoms with E-state index >= 15 is 0 Å². The summed E-state index contributed by atoms with van der Waals surface area (Å²) in [5.74, 6) is 0. The first-order valence-corrected chi connectivity index (χ1v) is 4.66. The van der Waals surface area contributed by atoms with E-state index in [1.54, 1.807) is 0 Å². The Kier molecular flexibility index (Phi) is 7.51. The van der Waals surface area contributed by atoms with Gasteiger partial charge in [-0.05, 0) is 0 Å². The van der Waals surface area contributed by atoms with Gasteiger partial charge >= 0.3 is 12.3 Å². The summed E-state index contributed by atoms with van der Waals surface area (Å²) in [4.78, 5) is 0. The maximum absolute atomic E-state index is 12.2. The molecular formula is C8H13F5O4. The van der Waals surface area contributed by atoms with Gasteiger partial charge in [-0.1, -0.05) is 0 Å². The van der Waals surface area contributed by atoms with E-state index in [1.807, 2.05) is 0 Å². The molecule has 0 aliphatic heterocycles. The molecule has 1 N–H and O–H groups in total. The molecule has 0 saturated carbocycles. The molecule has 0 aliphatic carbocycles. The summed E-state index contributed by atoms with van der Waals surface area (Å²) in [5.41, 5.74) is 0. The highest BCUT2D eigenvalue weighted by Gasteiger charge is 2.59. The largest absolute Gasteiger partial charge is 0.482 e. The van der Waals surface area contributed by atoms with Crippen LogP contribution >= 0.6 is 0 Å². The van der Waals surface area contributed by atoms with Crippen molar-refractivity contribution < 1.29 is 41.3 Å². The molecule has 0 saturated heterocycles. The van der Waals surface area contributed by atoms with Crippen molar-refractivity contribution in [2.45, 2.75) is 12.3 Å². The summed E-state index contributed by atoms with van der Waals surface area (Å²) in [7, 11) is 0. The van der Waals surface area contributed by atoms with Crippen molar-refractivity contribution in [1.29, 1.82) is 0 Å². The van der Waals surface area contributed by atoms with Crippen LogP contribution in [-0.4, -0.2) is 57.0 Å². The maximum atomic E-state index is 12.2. The van der Waals surface area contributed by atoms with Crippen LogP contribution in [0.4, 0.5) is 22.0 Å². The van der Waals surface area contributed by atoms with Crippen molar-refractivity contribution in [1.82, 2.24) is 0 Å². The number of aliphatic hydroxyl groups excluding tert-OH is 1. The van der Waals surface area contributed by atoms with Crippen molar-refractivity contribution in [2.24, 2.45) is 0 Å². The molecule has 9 heteroatoms. The van der Waals surface area contributed by atoms with Gasteiger partial charge in [0, 0.05) is 0 Å². The Balaban J connectivity index is 3.46. The van der Waals surface area contributed by atoms with E-state index in [9.17, 15) is 22.0 Å². The molecule has 0 heterocycles. The van der Waals surface area contributed by atoms with Gasteiger partial charge in [-0.25, -0.2) is 0 Å². The first-order valence-electron chi connectivity index (χ1n) is 4.66. The van der Waals surface area contributed by atoms with Crippen molar-refractivity contribution in [2.75, 3.05) is 39.6 Å². The van der Waals surface area contributed by atoms with Gasteiger partial charge in [-0.3, -0.25) is 0 Å². The zero-order valence-corrected chi connectivity index (χ0v) is 8.80. The van der Waals surface area contributed by atoms with Gasteiger partial charge in [0.15, 0.2) is 0 Å². The quantitative estimate of drug-likeness (QED) is 0.504. The fraction of sp³-hybridized carbons (Fsp3) is 1.00. The van der Waals surface area contributed by atoms with Crippen LogP contribution in [0, 0.1) is 0 Å². The first kappa shape index (κ1) is 16.5. The van der Waals surface area contributed by atoms with Crippen LogP contribution < -0.4 is 0 Å². The molecule has 0 aromatic rings. The predicted molar refractivity (Wildman–Crippen MR) is 45.7 cm³/mol. The van der Waals surface area contributed by atoms with Gasteiger partial charge in [0.25, 0.3) is 0 Å². The average molecular weight is 268 g/mol. The molecule has 0 amide bonds. The van der Waals surface area contributed by atoms with E-state index in [-0.39, 0.29) is 26.4 Å². The van der Waals surface area contributed by atoms with Crippen LogP contribution in [0.5, 0.6) is 0 Å². The minimum Gasteiger partial charge on any atom is -0.394 e. The average Bonchev–Trinajstić information content (AvgIpc) is 2.20. The second-order valence-corrected chi connectivity index (χ2v) is 2.81. The van der Waals surface area contributed by atoms with Gasteiger partial charge in [0.2, 0.25) is 0 Å². The van der Waals surface area contributed by atoms with Crippen LogP contribution in [0.15, 0.2) is 0 Å². The Hall–Kier alpha value is -0.510. The molecule has 0 spiro atoms. The Morgan fingerprint density at radius 1 is 0.765 bits per heavy atom. The third kappa shape index (κ3) is 7.42. The molecule has 0 aliphatic rings. The summed E-state index contributed by atoms with van der Waals surface area (Å²) < 4.78 is 71.8. The molecule has 104 valence electrons. The number of rotatable bonds is 9. The first-order chi connectivity index (χ1) is 7.81. The maximum Gasteiger partial charge on any atom is 0.482 e. The molecule has 0 aromatic heterocycles. The molecular weight excluding hydrogens is 255 g/mol. The molecule has 0 atom stereocenters. The molecule has 0 fully saturated rings. The molecule has 17 heavy (non-hydrogen) atoms. The topological polar surface area (TPSA) is 47.9 Å². The monoisotopic (exact) mass is 268 g/mol. The lowest BCUT2D eigenvalue weighted by atomic mass is 10.6. The lowest BCUT2D eigenvalue weighted by Crippen LogP contribution is -2.39. The highest BCUT2D eigenvalue weighted by molar-refractivity contribution is 4.63. The number of hydrogen-bond acceptors (Lipinski definition) is 4. The zero-order valence-electron chi connectivity index (χ0n) is 8.80. The lowest BCUT2D eigenvalue weighted by Gasteiger charge is -2.19. The fourth-order valence-corrected chi connectivity index (χ4v) is 0.697. The van der Waals surface area contributed by atoms with Gasteiger partial charge in [0.05, 0.1) is 39.6 Å². The molecule has 0 radical (unpaired) electrons. The highest BCUT2D eigenvalue weighted by atomic mass is 19.4. The molecule has 0 aromatic carbocycles. The third-order valence-electron chi connectivity index (χ3n) is 1.45. The van der Waals surface area contributed by atoms with E-state index in [2.05, 4.69) is 9.47 Å². The number of halogens is 5. The molecule has 4 nitrogen and oxygen atoms in total. The predicted octanol–water partition coefficient (Wildman–Crippen LogP) is 1.18. The van der Waals surface area contributed by atoms with Crippen LogP contribution in [0.3, 0.4) is 0 Å². The van der Waals surface area contributed by atoms with Gasteiger partial charge in [0.1, 0.15) is 0 Å². The summed E-state index contributed by atoms with van der Waals surface area (Å²) in [6.07, 6.45) is -10.9. The second-order valence-electron chi connectivity index (χ2n) is 2.81. The SMILES string of the molecule is OCCOCCOCCOC(F)(F)C(F)(F)F. The second kappa shape index (κ2) is 7.75. The zero-order chi connectivity index (χ0) is 13.4. The van der Waals surface area contributed by atoms with E-state index in [0.717, 1.165) is 0 Å². The molecule has 0 unspecified atom stereocenters. The van der Waals surface area contributed by atoms with E-state index in [0.29, 0.717) is 0 Å². The Bertz CT molecular complexity index is 197. The summed E-state index contributed by atoms with van der Waals surface area (Å²) in [5, 5.41) is 8.30. The Labute approximate surface area is 94.3 Å². The van der Waals surface area contributed by atoms with Crippen molar-refractivity contribution >= 4 is 0 Å². The van der Waals surface area contributed by atoms with Crippen LogP contribution in [-0.2, 0) is 14.2 Å². The number of aliphatic hydroxyl groups is 1. The Morgan fingerprint density at radius 3 is 1.71 bits per heavy atom. The smallest absolute Gasteiger partial charge is 0.394 e. The van der Waals surface area contributed by atoms with Gasteiger partial charge < -0.3 is 19.3 Å². The van der Waals surface area contributed by atoms with E-state index < -0.39 is 25.5 Å². The summed E-state index contributed by atoms with van der Waals surface area (Å²) in [6, 6.07) is 0. The molecule has 0 bridgehead atoms. The highest BCUT2D eigenvalue weighted by Crippen LogP contribution is 2.35. The van der Waals surface area contributed by atoms with Crippen molar-refractivity contribution in [3.63, 3.8) is 0 Å². The normalized spacial score (nSPS) is 13.1. The van der Waals surface area contributed by atoms with E-state index in [1.165, 1.54) is 0 Å². The lowest BCUT2D eigenvalue weighted by molar-refractivity contribution is -0.392. The van der Waals surface area contributed by atoms with Crippen LogP contribution in [0.1, 0.15) is 0 Å². The van der Waals surface area contributed by atoms with E-state index in [4.69, 9.17) is 9.84 Å². The summed E-state index contributed by atoms with van der Waals surface area (Å²) >= 11 is 0. The number of ether oxygens (including phenoxy) is 3. The van der Waals surface area contributed by atoms with Crippen LogP contribution in [0.2, 0.25) is 0 Å². The molecule has 0 rings (SSSR count). The van der Waals surface area contributed by atoms with Crippen LogP contribution in [0.25, 0.3) is 0 Å². The standard InChI is InChI=1S/C8H13F5O4/c9-7(10,11)8(12,13)17-6-5-16-4-3-15-2-1-14/h14H,1-6H2. The fourth-order valence-electron chi connectivity index (χ4n) is 0.697. The van der Waals surface area contributed by atoms with Gasteiger partial charge in [-0.2, -0.15) is 22.0 Å². The third-order valence-corrected chi connectivity index (χ3v) is 1.45. The minimum absolute atomic E-state index is 0.0148. The number of hydrogen-bond donors (Lipinski definition) is 1. The van der Waals surface area contributed by atoms with Crippen molar-refractivity contribution in [3.8, 4) is 0 Å². The summed E-state index contributed by atoms with van der Waals surface area (Å²) in [6.45, 7) is -1.23. The van der Waals surface area contributed by atoms with Gasteiger partial charge in [-0.15, -0.1) is 0 Å².